The number of unbranched alkanes of at least 4 members (excludes halogenated alkanes) is 27. The molecule has 0 atom stereocenters. The number of hydrogen-bond acceptors (Lipinski definition) is 0. The van der Waals surface area contributed by atoms with Crippen molar-refractivity contribution in [3.63, 3.8) is 0 Å². The molecule has 0 aromatic carbocycles. The quantitative estimate of drug-likeness (QED) is 0.0678. The van der Waals surface area contributed by atoms with Crippen LogP contribution in [0.4, 0.5) is 0 Å². The van der Waals surface area contributed by atoms with Gasteiger partial charge in [0.2, 0.25) is 0 Å². The summed E-state index contributed by atoms with van der Waals surface area (Å²) < 4.78 is 1.50. The van der Waals surface area contributed by atoms with Gasteiger partial charge in [0.1, 0.15) is 0 Å². The Morgan fingerprint density at radius 1 is 0.258 bits per heavy atom. The van der Waals surface area contributed by atoms with E-state index in [4.69, 9.17) is 0 Å². The predicted molar refractivity (Wildman–Crippen MR) is 148 cm³/mol. The molecule has 0 aromatic rings. The van der Waals surface area contributed by atoms with Gasteiger partial charge in [-0.05, 0) is 0 Å². The van der Waals surface area contributed by atoms with Gasteiger partial charge >= 0.3 is 98.0 Å². The van der Waals surface area contributed by atoms with Crippen LogP contribution in [0.1, 0.15) is 187 Å². The molecule has 0 saturated carbocycles. The third-order valence-electron chi connectivity index (χ3n) is 7.06. The van der Waals surface area contributed by atoms with Gasteiger partial charge in [0, 0.05) is 0 Å². The summed E-state index contributed by atoms with van der Waals surface area (Å²) >= 11 is 1.47. The zero-order chi connectivity index (χ0) is 22.5. The number of hydrogen-bond donors (Lipinski definition) is 0. The summed E-state index contributed by atoms with van der Waals surface area (Å²) in [6.07, 6.45) is 41.7. The van der Waals surface area contributed by atoms with E-state index >= 15 is 0 Å². The average molecular weight is 546 g/mol. The molecule has 0 N–H and O–H groups in total. The Bertz CT molecular complexity index is 260. The van der Waals surface area contributed by atoms with Crippen molar-refractivity contribution in [1.82, 2.24) is 0 Å². The van der Waals surface area contributed by atoms with Gasteiger partial charge in [0.25, 0.3) is 0 Å². The van der Waals surface area contributed by atoms with E-state index in [0.29, 0.717) is 0 Å². The minimum absolute atomic E-state index is 1.38. The second-order valence-electron chi connectivity index (χ2n) is 10.3. The van der Waals surface area contributed by atoms with E-state index < -0.39 is 0 Å². The van der Waals surface area contributed by atoms with Crippen molar-refractivity contribution in [3.05, 3.63) is 0 Å². The minimum atomic E-state index is 1.38. The Morgan fingerprint density at radius 2 is 0.419 bits per heavy atom. The molecule has 1 heteroatoms. The van der Waals surface area contributed by atoms with Gasteiger partial charge in [-0.1, -0.05) is 116 Å². The molecule has 0 unspecified atom stereocenters. The molecule has 0 rings (SSSR count). The molecular weight excluding hydrogens is 482 g/mol. The Balaban J connectivity index is 2.98. The summed E-state index contributed by atoms with van der Waals surface area (Å²) in [5.74, 6) is 0. The molecule has 0 saturated heterocycles. The summed E-state index contributed by atoms with van der Waals surface area (Å²) in [4.78, 5) is 0. The molecule has 0 heterocycles. The van der Waals surface area contributed by atoms with Crippen molar-refractivity contribution in [2.75, 3.05) is 0 Å². The third-order valence-corrected chi connectivity index (χ3v) is 8.22. The zero-order valence-electron chi connectivity index (χ0n) is 22.1. The molecule has 0 aromatic heterocycles. The summed E-state index contributed by atoms with van der Waals surface area (Å²) in [6, 6.07) is 0. The summed E-state index contributed by atoms with van der Waals surface area (Å²) in [6.45, 7) is 2.31. The van der Waals surface area contributed by atoms with Gasteiger partial charge in [0.15, 0.2) is 0 Å². The van der Waals surface area contributed by atoms with Crippen LogP contribution >= 0.6 is 0 Å². The van der Waals surface area contributed by atoms with E-state index in [1.165, 1.54) is 207 Å². The Morgan fingerprint density at radius 3 is 0.581 bits per heavy atom. The van der Waals surface area contributed by atoms with Gasteiger partial charge in [-0.25, -0.2) is 0 Å². The van der Waals surface area contributed by atoms with Crippen molar-refractivity contribution in [1.29, 1.82) is 0 Å². The van der Waals surface area contributed by atoms with Crippen molar-refractivity contribution >= 4 is 23.0 Å². The van der Waals surface area contributed by atoms with Crippen LogP contribution in [0.2, 0.25) is 4.37 Å². The van der Waals surface area contributed by atoms with Crippen molar-refractivity contribution in [3.8, 4) is 0 Å². The number of rotatable bonds is 28. The van der Waals surface area contributed by atoms with E-state index in [9.17, 15) is 0 Å². The van der Waals surface area contributed by atoms with Crippen LogP contribution < -0.4 is 0 Å². The fourth-order valence-electron chi connectivity index (χ4n) is 4.81. The van der Waals surface area contributed by atoms with Gasteiger partial charge < -0.3 is 0 Å². The maximum absolute atomic E-state index is 2.31. The van der Waals surface area contributed by atoms with Crippen LogP contribution in [-0.4, -0.2) is 23.0 Å². The molecule has 0 bridgehead atoms. The summed E-state index contributed by atoms with van der Waals surface area (Å²) in [7, 11) is 0. The van der Waals surface area contributed by atoms with Crippen LogP contribution in [-0.2, 0) is 0 Å². The Labute approximate surface area is 213 Å². The maximum atomic E-state index is 2.31. The van der Waals surface area contributed by atoms with Gasteiger partial charge in [-0.15, -0.1) is 0 Å². The molecule has 31 heavy (non-hydrogen) atoms. The molecule has 0 aliphatic carbocycles. The van der Waals surface area contributed by atoms with Crippen LogP contribution in [0.15, 0.2) is 0 Å². The molecule has 0 spiro atoms. The normalized spacial score (nSPS) is 11.4. The van der Waals surface area contributed by atoms with Gasteiger partial charge in [-0.3, -0.25) is 0 Å². The first-order chi connectivity index (χ1) is 15.4. The second kappa shape index (κ2) is 30.8. The fraction of sp³-hybridized carbons (Fsp3) is 1.00. The molecule has 0 amide bonds. The first kappa shape index (κ1) is 31.8. The second-order valence-corrected chi connectivity index (χ2v) is 12.0. The van der Waals surface area contributed by atoms with Crippen molar-refractivity contribution in [2.24, 2.45) is 0 Å². The van der Waals surface area contributed by atoms with E-state index in [2.05, 4.69) is 6.92 Å². The molecule has 0 aliphatic heterocycles. The van der Waals surface area contributed by atoms with Crippen molar-refractivity contribution in [2.45, 2.75) is 191 Å². The van der Waals surface area contributed by atoms with Crippen LogP contribution in [0.5, 0.6) is 0 Å². The average Bonchev–Trinajstić information content (AvgIpc) is 2.78. The Hall–Kier alpha value is 0.818. The monoisotopic (exact) mass is 544 g/mol. The zero-order valence-corrected chi connectivity index (χ0v) is 25.4. The van der Waals surface area contributed by atoms with E-state index in [1.54, 1.807) is 0 Å². The first-order valence-electron chi connectivity index (χ1n) is 15.1. The summed E-state index contributed by atoms with van der Waals surface area (Å²) in [5, 5.41) is 0. The molecule has 0 aliphatic rings. The molecule has 0 radical (unpaired) electrons. The molecule has 0 fully saturated rings. The first-order valence-corrected chi connectivity index (χ1v) is 17.4. The van der Waals surface area contributed by atoms with Crippen molar-refractivity contribution < 1.29 is 0 Å². The summed E-state index contributed by atoms with van der Waals surface area (Å²) in [5.41, 5.74) is 0. The van der Waals surface area contributed by atoms with E-state index in [1.807, 2.05) is 0 Å². The third kappa shape index (κ3) is 30.8. The van der Waals surface area contributed by atoms with Gasteiger partial charge in [0.05, 0.1) is 0 Å². The SMILES string of the molecule is CCCCCCCCCCCCCCCCCCCCCCCCCCCCC[CH2][SbH2]. The standard InChI is InChI=1S/C30H61.Sb.2H/c1-3-5-7-9-11-13-15-17-19-21-23-25-27-29-30-28-26-24-22-20-18-16-14-12-10-8-6-4-2;;;/h1,3-30H2,2H3;;;. The predicted octanol–water partition coefficient (Wildman–Crippen LogP) is 11.0. The molecule has 0 nitrogen and oxygen atoms in total. The fourth-order valence-corrected chi connectivity index (χ4v) is 5.64. The topological polar surface area (TPSA) is 0 Å². The Kier molecular flexibility index (Phi) is 31.6. The molecular formula is C30H63Sb. The van der Waals surface area contributed by atoms with E-state index in [-0.39, 0.29) is 0 Å². The van der Waals surface area contributed by atoms with Crippen LogP contribution in [0, 0.1) is 0 Å². The van der Waals surface area contributed by atoms with Crippen LogP contribution in [0.3, 0.4) is 0 Å². The molecule has 188 valence electrons. The van der Waals surface area contributed by atoms with E-state index in [0.717, 1.165) is 0 Å². The van der Waals surface area contributed by atoms with Gasteiger partial charge in [-0.2, -0.15) is 0 Å². The van der Waals surface area contributed by atoms with Crippen LogP contribution in [0.25, 0.3) is 0 Å².